The van der Waals surface area contributed by atoms with E-state index in [-0.39, 0.29) is 5.41 Å². The highest BCUT2D eigenvalue weighted by Gasteiger charge is 2.51. The van der Waals surface area contributed by atoms with Crippen molar-refractivity contribution in [2.75, 3.05) is 0 Å². The van der Waals surface area contributed by atoms with Crippen molar-refractivity contribution in [1.82, 2.24) is 0 Å². The zero-order chi connectivity index (χ0) is 14.8. The molecule has 4 aliphatic carbocycles. The SMILES string of the molecule is Cc1ccc(C23CC4CC(CC(C4)C2)C3)cc1C(F)(F)F. The van der Waals surface area contributed by atoms with Crippen LogP contribution in [0.3, 0.4) is 0 Å². The summed E-state index contributed by atoms with van der Waals surface area (Å²) in [4.78, 5) is 0. The van der Waals surface area contributed by atoms with Gasteiger partial charge in [0.2, 0.25) is 0 Å². The Kier molecular flexibility index (Phi) is 2.78. The van der Waals surface area contributed by atoms with Gasteiger partial charge in [0, 0.05) is 0 Å². The number of rotatable bonds is 1. The Balaban J connectivity index is 1.77. The highest BCUT2D eigenvalue weighted by molar-refractivity contribution is 5.38. The quantitative estimate of drug-likeness (QED) is 0.643. The van der Waals surface area contributed by atoms with Gasteiger partial charge in [-0.05, 0) is 85.8 Å². The van der Waals surface area contributed by atoms with Crippen molar-refractivity contribution < 1.29 is 13.2 Å². The number of alkyl halides is 3. The van der Waals surface area contributed by atoms with Crippen LogP contribution < -0.4 is 0 Å². The second kappa shape index (κ2) is 4.27. The van der Waals surface area contributed by atoms with Crippen LogP contribution in [-0.4, -0.2) is 0 Å². The molecule has 0 N–H and O–H groups in total. The van der Waals surface area contributed by atoms with Gasteiger partial charge in [-0.2, -0.15) is 13.2 Å². The van der Waals surface area contributed by atoms with Gasteiger partial charge in [0.25, 0.3) is 0 Å². The summed E-state index contributed by atoms with van der Waals surface area (Å²) >= 11 is 0. The van der Waals surface area contributed by atoms with Crippen LogP contribution in [0.4, 0.5) is 13.2 Å². The van der Waals surface area contributed by atoms with E-state index < -0.39 is 11.7 Å². The van der Waals surface area contributed by atoms with Gasteiger partial charge in [-0.25, -0.2) is 0 Å². The molecule has 0 atom stereocenters. The first kappa shape index (κ1) is 13.7. The number of benzene rings is 1. The normalized spacial score (nSPS) is 38.0. The van der Waals surface area contributed by atoms with E-state index in [1.807, 2.05) is 6.07 Å². The van der Waals surface area contributed by atoms with E-state index in [1.54, 1.807) is 13.0 Å². The molecule has 0 unspecified atom stereocenters. The van der Waals surface area contributed by atoms with Crippen molar-refractivity contribution in [3.8, 4) is 0 Å². The lowest BCUT2D eigenvalue weighted by Gasteiger charge is -2.57. The lowest BCUT2D eigenvalue weighted by molar-refractivity contribution is -0.138. The van der Waals surface area contributed by atoms with Gasteiger partial charge in [-0.3, -0.25) is 0 Å². The van der Waals surface area contributed by atoms with Crippen molar-refractivity contribution >= 4 is 0 Å². The van der Waals surface area contributed by atoms with E-state index in [2.05, 4.69) is 0 Å². The third-order valence-electron chi connectivity index (χ3n) is 6.19. The maximum Gasteiger partial charge on any atom is 0.416 e. The zero-order valence-corrected chi connectivity index (χ0v) is 12.3. The van der Waals surface area contributed by atoms with Crippen LogP contribution in [0.2, 0.25) is 0 Å². The van der Waals surface area contributed by atoms with E-state index in [4.69, 9.17) is 0 Å². The molecule has 21 heavy (non-hydrogen) atoms. The maximum absolute atomic E-state index is 13.2. The van der Waals surface area contributed by atoms with Gasteiger partial charge in [0.15, 0.2) is 0 Å². The Morgan fingerprint density at radius 1 is 0.952 bits per heavy atom. The summed E-state index contributed by atoms with van der Waals surface area (Å²) in [5.74, 6) is 2.27. The lowest BCUT2D eigenvalue weighted by atomic mass is 9.48. The fourth-order valence-corrected chi connectivity index (χ4v) is 5.72. The van der Waals surface area contributed by atoms with Crippen molar-refractivity contribution in [1.29, 1.82) is 0 Å². The van der Waals surface area contributed by atoms with Gasteiger partial charge in [0.1, 0.15) is 0 Å². The van der Waals surface area contributed by atoms with Crippen molar-refractivity contribution in [2.24, 2.45) is 17.8 Å². The molecule has 0 spiro atoms. The summed E-state index contributed by atoms with van der Waals surface area (Å²) in [6, 6.07) is 5.11. The fourth-order valence-electron chi connectivity index (χ4n) is 5.72. The van der Waals surface area contributed by atoms with Crippen LogP contribution in [0.25, 0.3) is 0 Å². The van der Waals surface area contributed by atoms with Gasteiger partial charge in [-0.15, -0.1) is 0 Å². The molecule has 3 heteroatoms. The van der Waals surface area contributed by atoms with Gasteiger partial charge in [0.05, 0.1) is 5.56 Å². The van der Waals surface area contributed by atoms with Crippen LogP contribution in [0.15, 0.2) is 18.2 Å². The second-order valence-electron chi connectivity index (χ2n) is 7.73. The minimum Gasteiger partial charge on any atom is -0.166 e. The maximum atomic E-state index is 13.2. The first-order chi connectivity index (χ1) is 9.86. The lowest BCUT2D eigenvalue weighted by Crippen LogP contribution is -2.48. The number of aryl methyl sites for hydroxylation is 1. The van der Waals surface area contributed by atoms with Crippen LogP contribution in [-0.2, 0) is 11.6 Å². The van der Waals surface area contributed by atoms with Gasteiger partial charge in [-0.1, -0.05) is 12.1 Å². The molecule has 1 aromatic rings. The molecule has 1 aromatic carbocycles. The Hall–Kier alpha value is -0.990. The fraction of sp³-hybridized carbons (Fsp3) is 0.667. The highest BCUT2D eigenvalue weighted by atomic mass is 19.4. The molecular weight excluding hydrogens is 273 g/mol. The topological polar surface area (TPSA) is 0 Å². The molecular formula is C18H21F3. The second-order valence-corrected chi connectivity index (χ2v) is 7.73. The van der Waals surface area contributed by atoms with Crippen molar-refractivity contribution in [3.63, 3.8) is 0 Å². The molecule has 0 radical (unpaired) electrons. The number of hydrogen-bond donors (Lipinski definition) is 0. The van der Waals surface area contributed by atoms with E-state index in [0.29, 0.717) is 5.56 Å². The first-order valence-corrected chi connectivity index (χ1v) is 8.04. The van der Waals surface area contributed by atoms with E-state index >= 15 is 0 Å². The monoisotopic (exact) mass is 294 g/mol. The number of halogens is 3. The predicted octanol–water partition coefficient (Wildman–Crippen LogP) is 5.48. The van der Waals surface area contributed by atoms with E-state index in [1.165, 1.54) is 25.3 Å². The first-order valence-electron chi connectivity index (χ1n) is 8.04. The summed E-state index contributed by atoms with van der Waals surface area (Å²) < 4.78 is 39.6. The zero-order valence-electron chi connectivity index (χ0n) is 12.3. The molecule has 114 valence electrons. The molecule has 0 aromatic heterocycles. The predicted molar refractivity (Wildman–Crippen MR) is 76.0 cm³/mol. The van der Waals surface area contributed by atoms with Crippen LogP contribution in [0.1, 0.15) is 55.2 Å². The van der Waals surface area contributed by atoms with Crippen LogP contribution in [0, 0.1) is 24.7 Å². The molecule has 4 saturated carbocycles. The molecule has 5 rings (SSSR count). The van der Waals surface area contributed by atoms with Crippen LogP contribution >= 0.6 is 0 Å². The summed E-state index contributed by atoms with van der Waals surface area (Å²) in [5.41, 5.74) is 0.911. The standard InChI is InChI=1S/C18H21F3/c1-11-2-3-15(7-16(11)18(19,20)21)17-8-12-4-13(9-17)6-14(5-12)10-17/h2-3,7,12-14H,4-6,8-10H2,1H3. The Morgan fingerprint density at radius 3 is 1.95 bits per heavy atom. The summed E-state index contributed by atoms with van der Waals surface area (Å²) in [6.07, 6.45) is 3.05. The summed E-state index contributed by atoms with van der Waals surface area (Å²) in [5, 5.41) is 0. The van der Waals surface area contributed by atoms with Gasteiger partial charge < -0.3 is 0 Å². The molecule has 0 nitrogen and oxygen atoms in total. The van der Waals surface area contributed by atoms with Crippen LogP contribution in [0.5, 0.6) is 0 Å². The summed E-state index contributed by atoms with van der Waals surface area (Å²) in [7, 11) is 0. The third-order valence-corrected chi connectivity index (χ3v) is 6.19. The Labute approximate surface area is 123 Å². The minimum absolute atomic E-state index is 0.0441. The van der Waals surface area contributed by atoms with Crippen molar-refractivity contribution in [3.05, 3.63) is 34.9 Å². The molecule has 4 bridgehead atoms. The largest absolute Gasteiger partial charge is 0.416 e. The van der Waals surface area contributed by atoms with Gasteiger partial charge >= 0.3 is 6.18 Å². The molecule has 4 fully saturated rings. The Bertz CT molecular complexity index is 535. The summed E-state index contributed by atoms with van der Waals surface area (Å²) in [6.45, 7) is 1.56. The van der Waals surface area contributed by atoms with E-state index in [0.717, 1.165) is 42.6 Å². The molecule has 4 aliphatic rings. The average Bonchev–Trinajstić information content (AvgIpc) is 2.35. The minimum atomic E-state index is -4.23. The van der Waals surface area contributed by atoms with E-state index in [9.17, 15) is 13.2 Å². The average molecular weight is 294 g/mol. The highest BCUT2D eigenvalue weighted by Crippen LogP contribution is 2.61. The molecule has 0 heterocycles. The molecule has 0 amide bonds. The third kappa shape index (κ3) is 2.11. The Morgan fingerprint density at radius 2 is 1.48 bits per heavy atom. The van der Waals surface area contributed by atoms with Crippen molar-refractivity contribution in [2.45, 2.75) is 57.0 Å². The molecule has 0 aliphatic heterocycles. The molecule has 0 saturated heterocycles. The number of hydrogen-bond acceptors (Lipinski definition) is 0. The smallest absolute Gasteiger partial charge is 0.166 e.